The first-order valence-electron chi connectivity index (χ1n) is 6.01. The summed E-state index contributed by atoms with van der Waals surface area (Å²) < 4.78 is 5.65. The molecule has 16 heavy (non-hydrogen) atoms. The van der Waals surface area contributed by atoms with E-state index in [0.717, 1.165) is 24.5 Å². The predicted molar refractivity (Wildman–Crippen MR) is 66.9 cm³/mol. The van der Waals surface area contributed by atoms with Crippen LogP contribution in [-0.4, -0.2) is 24.7 Å². The Morgan fingerprint density at radius 1 is 1.69 bits per heavy atom. The highest BCUT2D eigenvalue weighted by Gasteiger charge is 2.19. The van der Waals surface area contributed by atoms with Gasteiger partial charge in [0.2, 0.25) is 0 Å². The van der Waals surface area contributed by atoms with Crippen LogP contribution in [0.15, 0.2) is 6.20 Å². The Kier molecular flexibility index (Phi) is 4.32. The molecule has 0 spiro atoms. The van der Waals surface area contributed by atoms with Gasteiger partial charge in [-0.05, 0) is 39.7 Å². The van der Waals surface area contributed by atoms with Gasteiger partial charge < -0.3 is 10.1 Å². The zero-order chi connectivity index (χ0) is 11.4. The number of hydrogen-bond acceptors (Lipinski definition) is 4. The van der Waals surface area contributed by atoms with Crippen LogP contribution in [0.1, 0.15) is 41.6 Å². The predicted octanol–water partition coefficient (Wildman–Crippen LogP) is 2.67. The van der Waals surface area contributed by atoms with Crippen molar-refractivity contribution in [2.45, 2.75) is 44.8 Å². The molecule has 2 heterocycles. The van der Waals surface area contributed by atoms with Gasteiger partial charge in [-0.25, -0.2) is 4.98 Å². The number of aromatic nitrogens is 1. The molecule has 1 N–H and O–H groups in total. The van der Waals surface area contributed by atoms with Gasteiger partial charge in [-0.15, -0.1) is 11.3 Å². The molecule has 0 aromatic carbocycles. The second-order valence-electron chi connectivity index (χ2n) is 4.34. The van der Waals surface area contributed by atoms with E-state index in [1.807, 2.05) is 13.2 Å². The number of ether oxygens (including phenoxy) is 1. The molecular formula is C12H20N2OS. The van der Waals surface area contributed by atoms with Crippen LogP contribution in [-0.2, 0) is 4.74 Å². The summed E-state index contributed by atoms with van der Waals surface area (Å²) in [5.41, 5.74) is 0. The summed E-state index contributed by atoms with van der Waals surface area (Å²) in [5, 5.41) is 4.52. The fourth-order valence-electron chi connectivity index (χ4n) is 2.19. The lowest BCUT2D eigenvalue weighted by molar-refractivity contribution is 0.0999. The molecule has 0 radical (unpaired) electrons. The second kappa shape index (κ2) is 5.75. The lowest BCUT2D eigenvalue weighted by Gasteiger charge is -2.16. The molecule has 1 aromatic rings. The number of thiazole rings is 1. The van der Waals surface area contributed by atoms with Gasteiger partial charge in [-0.3, -0.25) is 0 Å². The quantitative estimate of drug-likeness (QED) is 0.859. The van der Waals surface area contributed by atoms with Crippen LogP contribution in [0.2, 0.25) is 0 Å². The third-order valence-electron chi connectivity index (χ3n) is 3.13. The van der Waals surface area contributed by atoms with E-state index < -0.39 is 0 Å². The molecule has 2 rings (SSSR count). The van der Waals surface area contributed by atoms with Crippen LogP contribution in [0.5, 0.6) is 0 Å². The summed E-state index contributed by atoms with van der Waals surface area (Å²) in [6, 6.07) is 0.440. The molecular weight excluding hydrogens is 220 g/mol. The normalized spacial score (nSPS) is 22.5. The van der Waals surface area contributed by atoms with E-state index in [-0.39, 0.29) is 0 Å². The van der Waals surface area contributed by atoms with Crippen molar-refractivity contribution in [2.24, 2.45) is 0 Å². The molecule has 0 aliphatic carbocycles. The molecule has 3 nitrogen and oxygen atoms in total. The van der Waals surface area contributed by atoms with E-state index in [9.17, 15) is 0 Å². The van der Waals surface area contributed by atoms with Gasteiger partial charge in [0.25, 0.3) is 0 Å². The summed E-state index contributed by atoms with van der Waals surface area (Å²) >= 11 is 1.79. The average molecular weight is 240 g/mol. The molecule has 0 saturated carbocycles. The molecule has 1 fully saturated rings. The van der Waals surface area contributed by atoms with Gasteiger partial charge >= 0.3 is 0 Å². The van der Waals surface area contributed by atoms with E-state index in [2.05, 4.69) is 17.2 Å². The highest BCUT2D eigenvalue weighted by molar-refractivity contribution is 7.11. The third-order valence-corrected chi connectivity index (χ3v) is 4.16. The Morgan fingerprint density at radius 3 is 3.12 bits per heavy atom. The highest BCUT2D eigenvalue weighted by Crippen LogP contribution is 2.26. The van der Waals surface area contributed by atoms with Crippen molar-refractivity contribution in [1.82, 2.24) is 10.3 Å². The lowest BCUT2D eigenvalue weighted by Crippen LogP contribution is -2.17. The highest BCUT2D eigenvalue weighted by atomic mass is 32.1. The number of nitrogens with one attached hydrogen (secondary N) is 1. The first-order chi connectivity index (χ1) is 7.79. The fourth-order valence-corrected chi connectivity index (χ4v) is 3.12. The first-order valence-corrected chi connectivity index (χ1v) is 6.82. The van der Waals surface area contributed by atoms with Gasteiger partial charge in [0.15, 0.2) is 0 Å². The van der Waals surface area contributed by atoms with E-state index in [1.54, 1.807) is 11.3 Å². The number of rotatable bonds is 5. The Balaban J connectivity index is 1.85. The van der Waals surface area contributed by atoms with Gasteiger partial charge in [0.1, 0.15) is 0 Å². The van der Waals surface area contributed by atoms with Crippen molar-refractivity contribution in [3.05, 3.63) is 16.1 Å². The zero-order valence-electron chi connectivity index (χ0n) is 10.0. The summed E-state index contributed by atoms with van der Waals surface area (Å²) in [7, 11) is 2.02. The molecule has 0 bridgehead atoms. The van der Waals surface area contributed by atoms with Crippen molar-refractivity contribution < 1.29 is 4.74 Å². The molecule has 1 saturated heterocycles. The maximum absolute atomic E-state index is 5.65. The van der Waals surface area contributed by atoms with Gasteiger partial charge in [0.05, 0.1) is 11.1 Å². The topological polar surface area (TPSA) is 34.1 Å². The summed E-state index contributed by atoms with van der Waals surface area (Å²) in [4.78, 5) is 5.66. The number of hydrogen-bond donors (Lipinski definition) is 1. The third kappa shape index (κ3) is 3.03. The Morgan fingerprint density at radius 2 is 2.56 bits per heavy atom. The molecule has 1 aliphatic heterocycles. The van der Waals surface area contributed by atoms with Crippen molar-refractivity contribution in [2.75, 3.05) is 13.7 Å². The maximum atomic E-state index is 5.65. The summed E-state index contributed by atoms with van der Waals surface area (Å²) in [6.07, 6.45) is 7.25. The van der Waals surface area contributed by atoms with Crippen molar-refractivity contribution in [1.29, 1.82) is 0 Å². The van der Waals surface area contributed by atoms with Crippen LogP contribution < -0.4 is 5.32 Å². The Bertz CT molecular complexity index is 321. The van der Waals surface area contributed by atoms with Crippen molar-refractivity contribution >= 4 is 11.3 Å². The summed E-state index contributed by atoms with van der Waals surface area (Å²) in [5.74, 6) is 0. The second-order valence-corrected chi connectivity index (χ2v) is 5.60. The van der Waals surface area contributed by atoms with Crippen molar-refractivity contribution in [3.8, 4) is 0 Å². The maximum Gasteiger partial charge on any atom is 0.0897 e. The number of nitrogens with zero attached hydrogens (tertiary/aromatic N) is 1. The molecule has 1 aliphatic rings. The lowest BCUT2D eigenvalue weighted by atomic mass is 10.1. The first kappa shape index (κ1) is 12.0. The molecule has 1 aromatic heterocycles. The van der Waals surface area contributed by atoms with E-state index in [0.29, 0.717) is 12.1 Å². The number of aryl methyl sites for hydroxylation is 1. The van der Waals surface area contributed by atoms with E-state index >= 15 is 0 Å². The van der Waals surface area contributed by atoms with Crippen LogP contribution in [0, 0.1) is 6.92 Å². The largest absolute Gasteiger partial charge is 0.378 e. The standard InChI is InChI=1S/C12H20N2OS/c1-9-14-8-12(16-9)11(13-2)6-5-10-4-3-7-15-10/h8,10-11,13H,3-7H2,1-2H3. The minimum Gasteiger partial charge on any atom is -0.378 e. The Hall–Kier alpha value is -0.450. The zero-order valence-corrected chi connectivity index (χ0v) is 10.8. The monoisotopic (exact) mass is 240 g/mol. The summed E-state index contributed by atoms with van der Waals surface area (Å²) in [6.45, 7) is 3.01. The van der Waals surface area contributed by atoms with E-state index in [1.165, 1.54) is 17.7 Å². The molecule has 2 unspecified atom stereocenters. The van der Waals surface area contributed by atoms with Crippen LogP contribution >= 0.6 is 11.3 Å². The molecule has 0 amide bonds. The van der Waals surface area contributed by atoms with Crippen LogP contribution in [0.4, 0.5) is 0 Å². The van der Waals surface area contributed by atoms with Crippen LogP contribution in [0.3, 0.4) is 0 Å². The smallest absolute Gasteiger partial charge is 0.0897 e. The van der Waals surface area contributed by atoms with Gasteiger partial charge in [-0.1, -0.05) is 0 Å². The SMILES string of the molecule is CNC(CCC1CCCO1)c1cnc(C)s1. The molecule has 90 valence electrons. The van der Waals surface area contributed by atoms with Gasteiger partial charge in [-0.2, -0.15) is 0 Å². The van der Waals surface area contributed by atoms with Crippen molar-refractivity contribution in [3.63, 3.8) is 0 Å². The Labute approximate surface area is 101 Å². The molecule has 2 atom stereocenters. The van der Waals surface area contributed by atoms with E-state index in [4.69, 9.17) is 4.74 Å². The van der Waals surface area contributed by atoms with Gasteiger partial charge in [0, 0.05) is 23.7 Å². The average Bonchev–Trinajstić information content (AvgIpc) is 2.91. The fraction of sp³-hybridized carbons (Fsp3) is 0.750. The minimum absolute atomic E-state index is 0.440. The minimum atomic E-state index is 0.440. The molecule has 4 heteroatoms. The van der Waals surface area contributed by atoms with Crippen LogP contribution in [0.25, 0.3) is 0 Å².